The van der Waals surface area contributed by atoms with E-state index in [2.05, 4.69) is 32.3 Å². The van der Waals surface area contributed by atoms with Crippen LogP contribution < -0.4 is 10.1 Å². The van der Waals surface area contributed by atoms with E-state index in [0.717, 1.165) is 29.9 Å². The number of methoxy groups -OCH3 is 2. The maximum absolute atomic E-state index is 12.4. The Bertz CT molecular complexity index is 826. The Labute approximate surface area is 240 Å². The van der Waals surface area contributed by atoms with Gasteiger partial charge in [0.25, 0.3) is 0 Å². The lowest BCUT2D eigenvalue weighted by Crippen LogP contribution is -2.44. The highest BCUT2D eigenvalue weighted by molar-refractivity contribution is 7.98. The van der Waals surface area contributed by atoms with Crippen LogP contribution in [0.15, 0.2) is 24.3 Å². The van der Waals surface area contributed by atoms with Crippen LogP contribution in [-0.4, -0.2) is 68.7 Å². The van der Waals surface area contributed by atoms with Crippen molar-refractivity contribution in [2.24, 2.45) is 11.8 Å². The van der Waals surface area contributed by atoms with Gasteiger partial charge < -0.3 is 29.0 Å². The molecule has 0 spiro atoms. The van der Waals surface area contributed by atoms with Gasteiger partial charge in [-0.1, -0.05) is 32.4 Å². The summed E-state index contributed by atoms with van der Waals surface area (Å²) in [6.07, 6.45) is 4.17. The number of amides is 1. The number of carbonyl (C=O) groups is 2. The molecule has 224 valence electrons. The van der Waals surface area contributed by atoms with E-state index < -0.39 is 23.7 Å². The second kappa shape index (κ2) is 18.4. The zero-order chi connectivity index (χ0) is 29.4. The van der Waals surface area contributed by atoms with Gasteiger partial charge >= 0.3 is 12.1 Å². The summed E-state index contributed by atoms with van der Waals surface area (Å²) in [6.45, 7) is 12.8. The predicted octanol–water partition coefficient (Wildman–Crippen LogP) is 6.25. The monoisotopic (exact) mass is 569 g/mol. The lowest BCUT2D eigenvalue weighted by atomic mass is 9.89. The first-order valence-corrected chi connectivity index (χ1v) is 15.2. The highest BCUT2D eigenvalue weighted by Crippen LogP contribution is 2.27. The third-order valence-electron chi connectivity index (χ3n) is 6.16. The van der Waals surface area contributed by atoms with Crippen molar-refractivity contribution in [1.82, 2.24) is 5.32 Å². The van der Waals surface area contributed by atoms with E-state index in [4.69, 9.17) is 23.7 Å². The average Bonchev–Trinajstić information content (AvgIpc) is 2.88. The summed E-state index contributed by atoms with van der Waals surface area (Å²) in [7, 11) is 2.98. The number of nitrogens with one attached hydrogen (secondary N) is 1. The second-order valence-corrected chi connectivity index (χ2v) is 12.2. The molecular weight excluding hydrogens is 518 g/mol. The molecule has 0 bridgehead atoms. The fourth-order valence-corrected chi connectivity index (χ4v) is 4.71. The van der Waals surface area contributed by atoms with Crippen molar-refractivity contribution in [3.63, 3.8) is 0 Å². The summed E-state index contributed by atoms with van der Waals surface area (Å²) in [4.78, 5) is 24.7. The molecule has 0 fully saturated rings. The standard InChI is InChI=1S/C30H51NO7S/c1-21(2)19-37-27(22(3)36-20-23-13-15-25(34-7)16-14-23)24(17-18-39-9)11-10-12-26(28(32)35-8)31-29(33)38-30(4,5)6/h13-16,21-22,24,26-27H,10-12,17-20H2,1-9H3,(H,31,33). The molecule has 0 aromatic heterocycles. The molecule has 0 saturated heterocycles. The fraction of sp³-hybridized carbons (Fsp3) is 0.733. The van der Waals surface area contributed by atoms with Crippen molar-refractivity contribution in [3.8, 4) is 5.75 Å². The van der Waals surface area contributed by atoms with Gasteiger partial charge in [-0.15, -0.1) is 0 Å². The van der Waals surface area contributed by atoms with Gasteiger partial charge in [0.2, 0.25) is 0 Å². The van der Waals surface area contributed by atoms with Gasteiger partial charge in [0, 0.05) is 6.61 Å². The van der Waals surface area contributed by atoms with Crippen molar-refractivity contribution in [2.75, 3.05) is 32.8 Å². The van der Waals surface area contributed by atoms with E-state index in [1.54, 1.807) is 39.6 Å². The summed E-state index contributed by atoms with van der Waals surface area (Å²) in [5.41, 5.74) is 0.413. The quantitative estimate of drug-likeness (QED) is 0.208. The van der Waals surface area contributed by atoms with Crippen LogP contribution in [0, 0.1) is 11.8 Å². The Hall–Kier alpha value is -1.97. The van der Waals surface area contributed by atoms with Gasteiger partial charge in [-0.2, -0.15) is 11.8 Å². The van der Waals surface area contributed by atoms with E-state index in [0.29, 0.717) is 32.0 Å². The van der Waals surface area contributed by atoms with Crippen LogP contribution in [0.3, 0.4) is 0 Å². The Morgan fingerprint density at radius 3 is 2.18 bits per heavy atom. The predicted molar refractivity (Wildman–Crippen MR) is 157 cm³/mol. The van der Waals surface area contributed by atoms with Crippen LogP contribution in [0.5, 0.6) is 5.75 Å². The zero-order valence-corrected chi connectivity index (χ0v) is 26.2. The van der Waals surface area contributed by atoms with E-state index >= 15 is 0 Å². The van der Waals surface area contributed by atoms with E-state index in [1.807, 2.05) is 24.3 Å². The van der Waals surface area contributed by atoms with Crippen LogP contribution in [0.25, 0.3) is 0 Å². The summed E-state index contributed by atoms with van der Waals surface area (Å²) < 4.78 is 28.3. The molecule has 0 aliphatic rings. The van der Waals surface area contributed by atoms with Crippen LogP contribution in [0.2, 0.25) is 0 Å². The maximum atomic E-state index is 12.4. The molecular formula is C30H51NO7S. The highest BCUT2D eigenvalue weighted by Gasteiger charge is 2.30. The number of rotatable bonds is 18. The average molecular weight is 570 g/mol. The maximum Gasteiger partial charge on any atom is 0.408 e. The van der Waals surface area contributed by atoms with E-state index in [9.17, 15) is 9.59 Å². The molecule has 0 heterocycles. The molecule has 0 saturated carbocycles. The van der Waals surface area contributed by atoms with E-state index in [-0.39, 0.29) is 18.1 Å². The van der Waals surface area contributed by atoms with Gasteiger partial charge in [-0.05, 0) is 88.5 Å². The fourth-order valence-electron chi connectivity index (χ4n) is 4.17. The van der Waals surface area contributed by atoms with Crippen molar-refractivity contribution in [1.29, 1.82) is 0 Å². The summed E-state index contributed by atoms with van der Waals surface area (Å²) >= 11 is 1.80. The first-order valence-electron chi connectivity index (χ1n) is 13.8. The zero-order valence-electron chi connectivity index (χ0n) is 25.4. The molecule has 9 heteroatoms. The number of hydrogen-bond acceptors (Lipinski definition) is 8. The van der Waals surface area contributed by atoms with Gasteiger partial charge in [-0.25, -0.2) is 9.59 Å². The van der Waals surface area contributed by atoms with Gasteiger partial charge in [0.05, 0.1) is 33.0 Å². The normalized spacial score (nSPS) is 14.8. The van der Waals surface area contributed by atoms with Gasteiger partial charge in [-0.3, -0.25) is 0 Å². The molecule has 0 radical (unpaired) electrons. The number of carbonyl (C=O) groups excluding carboxylic acids is 2. The van der Waals surface area contributed by atoms with Crippen molar-refractivity contribution in [2.45, 2.75) is 97.7 Å². The van der Waals surface area contributed by atoms with Crippen LogP contribution >= 0.6 is 11.8 Å². The number of hydrogen-bond donors (Lipinski definition) is 1. The number of ether oxygens (including phenoxy) is 5. The number of benzene rings is 1. The van der Waals surface area contributed by atoms with Crippen molar-refractivity contribution < 1.29 is 33.3 Å². The van der Waals surface area contributed by atoms with Gasteiger partial charge in [0.15, 0.2) is 0 Å². The molecule has 1 amide bonds. The molecule has 1 N–H and O–H groups in total. The van der Waals surface area contributed by atoms with Crippen LogP contribution in [0.1, 0.15) is 72.8 Å². The molecule has 1 aromatic carbocycles. The second-order valence-electron chi connectivity index (χ2n) is 11.3. The topological polar surface area (TPSA) is 92.3 Å². The van der Waals surface area contributed by atoms with Crippen LogP contribution in [0.4, 0.5) is 4.79 Å². The lowest BCUT2D eigenvalue weighted by molar-refractivity contribution is -0.143. The summed E-state index contributed by atoms with van der Waals surface area (Å²) in [6, 6.07) is 7.10. The number of thioether (sulfide) groups is 1. The first-order chi connectivity index (χ1) is 18.4. The first kappa shape index (κ1) is 35.1. The summed E-state index contributed by atoms with van der Waals surface area (Å²) in [5, 5.41) is 2.68. The van der Waals surface area contributed by atoms with E-state index in [1.165, 1.54) is 7.11 Å². The molecule has 8 nitrogen and oxygen atoms in total. The molecule has 1 aromatic rings. The largest absolute Gasteiger partial charge is 0.497 e. The molecule has 0 aliphatic carbocycles. The third-order valence-corrected chi connectivity index (χ3v) is 6.80. The Kier molecular flexibility index (Phi) is 16.5. The number of esters is 1. The smallest absolute Gasteiger partial charge is 0.408 e. The molecule has 1 rings (SSSR count). The minimum absolute atomic E-state index is 0.104. The minimum atomic E-state index is -0.773. The Balaban J connectivity index is 2.92. The summed E-state index contributed by atoms with van der Waals surface area (Å²) in [5.74, 6) is 1.94. The molecule has 39 heavy (non-hydrogen) atoms. The highest BCUT2D eigenvalue weighted by atomic mass is 32.2. The molecule has 4 unspecified atom stereocenters. The molecule has 0 aliphatic heterocycles. The number of alkyl carbamates (subject to hydrolysis) is 1. The molecule has 4 atom stereocenters. The van der Waals surface area contributed by atoms with Crippen molar-refractivity contribution in [3.05, 3.63) is 29.8 Å². The lowest BCUT2D eigenvalue weighted by Gasteiger charge is -2.33. The SMILES string of the molecule is COC(=O)C(CCCC(CCSC)C(OCC(C)C)C(C)OCc1ccc(OC)cc1)NC(=O)OC(C)(C)C. The van der Waals surface area contributed by atoms with Crippen molar-refractivity contribution >= 4 is 23.8 Å². The Morgan fingerprint density at radius 2 is 1.64 bits per heavy atom. The Morgan fingerprint density at radius 1 is 0.974 bits per heavy atom. The van der Waals surface area contributed by atoms with Crippen LogP contribution in [-0.2, 0) is 30.3 Å². The van der Waals surface area contributed by atoms with Gasteiger partial charge in [0.1, 0.15) is 17.4 Å². The minimum Gasteiger partial charge on any atom is -0.497 e. The third kappa shape index (κ3) is 14.8.